The molecular formula is C17H14N4O7S. The van der Waals surface area contributed by atoms with Crippen LogP contribution >= 0.6 is 0 Å². The fraction of sp³-hybridized carbons (Fsp3) is 0.294. The Balaban J connectivity index is 3.60. The van der Waals surface area contributed by atoms with Crippen molar-refractivity contribution in [2.24, 2.45) is 0 Å². The standard InChI is InChI=1S/C17H14N4O7S/c1-25-2-3-26-16-6-15(13(10-20)11-21)17(7-14(16)12(8-18)9-19)27-4-5-28-29(22,23)24/h6-7H,2-5H2,1H3,(H,22,23,24). The van der Waals surface area contributed by atoms with E-state index >= 15 is 0 Å². The summed E-state index contributed by atoms with van der Waals surface area (Å²) in [5.41, 5.74) is -0.673. The van der Waals surface area contributed by atoms with Crippen LogP contribution in [0, 0.1) is 45.3 Å². The molecule has 0 atom stereocenters. The minimum Gasteiger partial charge on any atom is -0.490 e. The number of methoxy groups -OCH3 is 1. The molecule has 1 aromatic carbocycles. The highest BCUT2D eigenvalue weighted by Gasteiger charge is 2.12. The quantitative estimate of drug-likeness (QED) is 0.395. The SMILES string of the molecule is COCCOc1cc(=C(C#N)C#N)c(OCCOS(=O)(=O)O)cc1=C(C#N)C#N. The molecule has 0 fully saturated rings. The Bertz CT molecular complexity index is 1120. The minimum absolute atomic E-state index is 0.00625. The zero-order chi connectivity index (χ0) is 21.9. The summed E-state index contributed by atoms with van der Waals surface area (Å²) in [6.07, 6.45) is 0. The summed E-state index contributed by atoms with van der Waals surface area (Å²) in [6.45, 7) is -0.707. The van der Waals surface area contributed by atoms with Gasteiger partial charge < -0.3 is 14.2 Å². The maximum atomic E-state index is 10.6. The summed E-state index contributed by atoms with van der Waals surface area (Å²) in [6, 6.07) is 9.24. The first-order valence-corrected chi connectivity index (χ1v) is 9.07. The van der Waals surface area contributed by atoms with Crippen molar-refractivity contribution in [3.05, 3.63) is 22.6 Å². The summed E-state index contributed by atoms with van der Waals surface area (Å²) < 4.78 is 49.6. The largest absolute Gasteiger partial charge is 0.490 e. The average molecular weight is 418 g/mol. The topological polar surface area (TPSA) is 186 Å². The van der Waals surface area contributed by atoms with Crippen LogP contribution in [0.3, 0.4) is 0 Å². The molecule has 0 saturated heterocycles. The molecule has 0 aliphatic heterocycles. The zero-order valence-electron chi connectivity index (χ0n) is 15.1. The summed E-state index contributed by atoms with van der Waals surface area (Å²) in [7, 11) is -3.23. The van der Waals surface area contributed by atoms with E-state index in [1.54, 1.807) is 24.3 Å². The number of benzene rings is 1. The maximum absolute atomic E-state index is 10.6. The predicted octanol–water partition coefficient (Wildman–Crippen LogP) is -0.694. The Morgan fingerprint density at radius 2 is 1.28 bits per heavy atom. The molecule has 0 amide bonds. The molecule has 0 aliphatic carbocycles. The summed E-state index contributed by atoms with van der Waals surface area (Å²) in [5.74, 6) is -0.0567. The van der Waals surface area contributed by atoms with E-state index in [-0.39, 0.29) is 46.3 Å². The molecule has 12 heteroatoms. The molecule has 150 valence electrons. The van der Waals surface area contributed by atoms with Crippen molar-refractivity contribution in [2.45, 2.75) is 0 Å². The monoisotopic (exact) mass is 418 g/mol. The van der Waals surface area contributed by atoms with Crippen molar-refractivity contribution in [1.82, 2.24) is 0 Å². The lowest BCUT2D eigenvalue weighted by Gasteiger charge is -2.11. The van der Waals surface area contributed by atoms with Crippen LogP contribution in [-0.4, -0.2) is 46.5 Å². The predicted molar refractivity (Wildman–Crippen MR) is 95.3 cm³/mol. The van der Waals surface area contributed by atoms with Gasteiger partial charge in [-0.1, -0.05) is 0 Å². The third-order valence-corrected chi connectivity index (χ3v) is 3.65. The number of hydrogen-bond acceptors (Lipinski definition) is 10. The highest BCUT2D eigenvalue weighted by atomic mass is 32.3. The van der Waals surface area contributed by atoms with Crippen LogP contribution in [0.1, 0.15) is 0 Å². The highest BCUT2D eigenvalue weighted by Crippen LogP contribution is 2.11. The second kappa shape index (κ2) is 11.3. The van der Waals surface area contributed by atoms with Crippen molar-refractivity contribution >= 4 is 21.5 Å². The van der Waals surface area contributed by atoms with Crippen LogP contribution in [0.5, 0.6) is 11.5 Å². The van der Waals surface area contributed by atoms with Gasteiger partial charge in [-0.2, -0.15) is 29.5 Å². The van der Waals surface area contributed by atoms with E-state index < -0.39 is 23.6 Å². The molecule has 0 heterocycles. The van der Waals surface area contributed by atoms with Crippen LogP contribution in [0.4, 0.5) is 0 Å². The van der Waals surface area contributed by atoms with Gasteiger partial charge in [0.05, 0.1) is 6.61 Å². The Hall–Kier alpha value is -3.65. The van der Waals surface area contributed by atoms with Crippen molar-refractivity contribution in [3.63, 3.8) is 0 Å². The van der Waals surface area contributed by atoms with Crippen LogP contribution in [-0.2, 0) is 19.3 Å². The lowest BCUT2D eigenvalue weighted by atomic mass is 10.1. The first-order valence-electron chi connectivity index (χ1n) is 7.70. The molecule has 0 radical (unpaired) electrons. The first kappa shape index (κ1) is 23.4. The van der Waals surface area contributed by atoms with Crippen LogP contribution in [0.15, 0.2) is 12.1 Å². The van der Waals surface area contributed by atoms with Gasteiger partial charge in [0.25, 0.3) is 0 Å². The van der Waals surface area contributed by atoms with Gasteiger partial charge in [0, 0.05) is 17.5 Å². The van der Waals surface area contributed by atoms with E-state index in [4.69, 9.17) is 18.8 Å². The Kier molecular flexibility index (Phi) is 9.07. The highest BCUT2D eigenvalue weighted by molar-refractivity contribution is 7.80. The van der Waals surface area contributed by atoms with Gasteiger partial charge in [0.1, 0.15) is 66.7 Å². The minimum atomic E-state index is -4.68. The van der Waals surface area contributed by atoms with E-state index in [0.29, 0.717) is 0 Å². The molecule has 1 rings (SSSR count). The Morgan fingerprint density at radius 1 is 0.862 bits per heavy atom. The van der Waals surface area contributed by atoms with E-state index in [2.05, 4.69) is 4.18 Å². The number of rotatable bonds is 9. The number of nitriles is 4. The molecule has 0 bridgehead atoms. The van der Waals surface area contributed by atoms with Gasteiger partial charge in [0.2, 0.25) is 0 Å². The van der Waals surface area contributed by atoms with Gasteiger partial charge in [-0.3, -0.25) is 4.55 Å². The fourth-order valence-electron chi connectivity index (χ4n) is 2.01. The van der Waals surface area contributed by atoms with Crippen LogP contribution in [0.2, 0.25) is 0 Å². The third kappa shape index (κ3) is 7.11. The number of ether oxygens (including phenoxy) is 3. The van der Waals surface area contributed by atoms with Gasteiger partial charge >= 0.3 is 10.4 Å². The van der Waals surface area contributed by atoms with Gasteiger partial charge in [0.15, 0.2) is 0 Å². The maximum Gasteiger partial charge on any atom is 0.397 e. The smallest absolute Gasteiger partial charge is 0.397 e. The number of nitrogens with zero attached hydrogens (tertiary/aromatic N) is 4. The first-order chi connectivity index (χ1) is 13.8. The Morgan fingerprint density at radius 3 is 1.62 bits per heavy atom. The second-order valence-electron chi connectivity index (χ2n) is 4.98. The van der Waals surface area contributed by atoms with E-state index in [1.807, 2.05) is 0 Å². The van der Waals surface area contributed by atoms with Crippen molar-refractivity contribution in [1.29, 1.82) is 21.0 Å². The van der Waals surface area contributed by atoms with Gasteiger partial charge in [-0.05, 0) is 12.1 Å². The molecule has 0 saturated carbocycles. The molecule has 11 nitrogen and oxygen atoms in total. The second-order valence-corrected chi connectivity index (χ2v) is 6.07. The summed E-state index contributed by atoms with van der Waals surface area (Å²) in [5, 5.41) is 36.8. The average Bonchev–Trinajstić information content (AvgIpc) is 2.68. The van der Waals surface area contributed by atoms with Gasteiger partial charge in [-0.25, -0.2) is 4.18 Å². The van der Waals surface area contributed by atoms with Crippen molar-refractivity contribution in [3.8, 4) is 35.8 Å². The molecule has 0 aliphatic rings. The Labute approximate surface area is 166 Å². The normalized spacial score (nSPS) is 10.0. The molecule has 0 aromatic heterocycles. The van der Waals surface area contributed by atoms with Gasteiger partial charge in [-0.15, -0.1) is 0 Å². The van der Waals surface area contributed by atoms with Crippen LogP contribution in [0.25, 0.3) is 11.1 Å². The molecular weight excluding hydrogens is 404 g/mol. The molecule has 0 spiro atoms. The zero-order valence-corrected chi connectivity index (χ0v) is 15.9. The molecule has 29 heavy (non-hydrogen) atoms. The summed E-state index contributed by atoms with van der Waals surface area (Å²) in [4.78, 5) is 0. The molecule has 0 unspecified atom stereocenters. The lowest BCUT2D eigenvalue weighted by Crippen LogP contribution is -2.22. The lowest BCUT2D eigenvalue weighted by molar-refractivity contribution is 0.145. The third-order valence-electron chi connectivity index (χ3n) is 3.19. The van der Waals surface area contributed by atoms with Crippen LogP contribution < -0.4 is 19.9 Å². The fourth-order valence-corrected chi connectivity index (χ4v) is 2.28. The van der Waals surface area contributed by atoms with E-state index in [0.717, 1.165) is 0 Å². The summed E-state index contributed by atoms with van der Waals surface area (Å²) >= 11 is 0. The molecule has 1 aromatic rings. The molecule has 1 N–H and O–H groups in total. The van der Waals surface area contributed by atoms with E-state index in [9.17, 15) is 29.5 Å². The van der Waals surface area contributed by atoms with E-state index in [1.165, 1.54) is 19.2 Å². The van der Waals surface area contributed by atoms with Crippen molar-refractivity contribution < 1.29 is 31.4 Å². The van der Waals surface area contributed by atoms with Crippen molar-refractivity contribution in [2.75, 3.05) is 33.5 Å². The number of hydrogen-bond donors (Lipinski definition) is 1.